The molecule has 0 saturated heterocycles. The molecule has 0 fully saturated rings. The summed E-state index contributed by atoms with van der Waals surface area (Å²) in [6, 6.07) is 13.3. The van der Waals surface area contributed by atoms with Crippen LogP contribution in [0.25, 0.3) is 0 Å². The summed E-state index contributed by atoms with van der Waals surface area (Å²) in [4.78, 5) is 11.4. The van der Waals surface area contributed by atoms with Crippen LogP contribution in [-0.4, -0.2) is 11.0 Å². The highest BCUT2D eigenvalue weighted by atomic mass is 16.5. The Balaban J connectivity index is 2.48. The van der Waals surface area contributed by atoms with E-state index in [1.165, 1.54) is 6.07 Å². The Morgan fingerprint density at radius 3 is 2.62 bits per heavy atom. The van der Waals surface area contributed by atoms with E-state index in [0.717, 1.165) is 0 Å². The third-order valence-electron chi connectivity index (χ3n) is 2.97. The highest BCUT2D eigenvalue weighted by molar-refractivity contribution is 5.95. The summed E-state index contributed by atoms with van der Waals surface area (Å²) in [5.41, 5.74) is 6.45. The van der Waals surface area contributed by atoms with Crippen LogP contribution in [0.15, 0.2) is 42.5 Å². The van der Waals surface area contributed by atoms with Crippen molar-refractivity contribution in [1.82, 2.24) is 0 Å². The van der Waals surface area contributed by atoms with Crippen molar-refractivity contribution in [3.63, 3.8) is 0 Å². The summed E-state index contributed by atoms with van der Waals surface area (Å²) < 4.78 is 5.69. The van der Waals surface area contributed by atoms with Gasteiger partial charge in [0.2, 0.25) is 0 Å². The molecule has 0 radical (unpaired) electrons. The second-order valence-corrected chi connectivity index (χ2v) is 4.50. The van der Waals surface area contributed by atoms with E-state index in [1.807, 2.05) is 6.07 Å². The lowest BCUT2D eigenvalue weighted by Gasteiger charge is -2.15. The molecular weight excluding hydrogens is 268 g/mol. The Bertz CT molecular complexity index is 718. The highest BCUT2D eigenvalue weighted by Gasteiger charge is 2.14. The quantitative estimate of drug-likeness (QED) is 0.900. The molecule has 3 N–H and O–H groups in total. The van der Waals surface area contributed by atoms with Gasteiger partial charge in [-0.1, -0.05) is 18.2 Å². The van der Waals surface area contributed by atoms with Crippen LogP contribution in [0.3, 0.4) is 0 Å². The number of carbonyl (C=O) groups is 1. The normalized spacial score (nSPS) is 11.5. The van der Waals surface area contributed by atoms with E-state index in [1.54, 1.807) is 43.3 Å². The molecule has 0 bridgehead atoms. The molecule has 2 aromatic rings. The number of para-hydroxylation sites is 1. The van der Waals surface area contributed by atoms with Crippen LogP contribution < -0.4 is 10.5 Å². The molecule has 2 aromatic carbocycles. The fourth-order valence-corrected chi connectivity index (χ4v) is 1.92. The number of nitrogens with two attached hydrogens (primary N) is 1. The van der Waals surface area contributed by atoms with E-state index in [4.69, 9.17) is 15.7 Å². The topological polar surface area (TPSA) is 96.3 Å². The Labute approximate surface area is 122 Å². The van der Waals surface area contributed by atoms with Crippen molar-refractivity contribution in [3.05, 3.63) is 59.2 Å². The number of primary amides is 1. The lowest BCUT2D eigenvalue weighted by atomic mass is 10.1. The maximum atomic E-state index is 11.4. The van der Waals surface area contributed by atoms with Crippen molar-refractivity contribution in [3.8, 4) is 17.6 Å². The van der Waals surface area contributed by atoms with Crippen LogP contribution in [0.1, 0.15) is 34.5 Å². The predicted molar refractivity (Wildman–Crippen MR) is 76.8 cm³/mol. The van der Waals surface area contributed by atoms with E-state index in [2.05, 4.69) is 0 Å². The summed E-state index contributed by atoms with van der Waals surface area (Å²) in [6.07, 6.45) is -0.770. The molecule has 0 aliphatic heterocycles. The van der Waals surface area contributed by atoms with Crippen molar-refractivity contribution >= 4 is 5.91 Å². The van der Waals surface area contributed by atoms with Gasteiger partial charge in [-0.25, -0.2) is 0 Å². The van der Waals surface area contributed by atoms with Crippen molar-refractivity contribution in [2.24, 2.45) is 5.73 Å². The monoisotopic (exact) mass is 282 g/mol. The fourth-order valence-electron chi connectivity index (χ4n) is 1.92. The first-order valence-corrected chi connectivity index (χ1v) is 6.31. The summed E-state index contributed by atoms with van der Waals surface area (Å²) >= 11 is 0. The van der Waals surface area contributed by atoms with Gasteiger partial charge in [0.05, 0.1) is 23.3 Å². The molecule has 0 aliphatic carbocycles. The number of amides is 1. The zero-order valence-corrected chi connectivity index (χ0v) is 11.4. The molecule has 1 unspecified atom stereocenters. The van der Waals surface area contributed by atoms with Gasteiger partial charge in [-0.2, -0.15) is 5.26 Å². The molecule has 0 heterocycles. The molecular formula is C16H14N2O3. The SMILES string of the molecule is CC(O)c1ccc(C#N)cc1Oc1ccccc1C(N)=O. The molecule has 0 aromatic heterocycles. The largest absolute Gasteiger partial charge is 0.456 e. The molecule has 1 atom stereocenters. The number of hydrogen-bond acceptors (Lipinski definition) is 4. The van der Waals surface area contributed by atoms with Gasteiger partial charge in [0, 0.05) is 5.56 Å². The Morgan fingerprint density at radius 1 is 1.29 bits per heavy atom. The van der Waals surface area contributed by atoms with Gasteiger partial charge in [-0.3, -0.25) is 4.79 Å². The van der Waals surface area contributed by atoms with Crippen molar-refractivity contribution in [2.45, 2.75) is 13.0 Å². The van der Waals surface area contributed by atoms with Crippen molar-refractivity contribution in [1.29, 1.82) is 5.26 Å². The smallest absolute Gasteiger partial charge is 0.252 e. The number of nitrogens with zero attached hydrogens (tertiary/aromatic N) is 1. The zero-order chi connectivity index (χ0) is 15.4. The number of benzene rings is 2. The van der Waals surface area contributed by atoms with Gasteiger partial charge in [-0.05, 0) is 31.2 Å². The van der Waals surface area contributed by atoms with Crippen LogP contribution in [0, 0.1) is 11.3 Å². The number of carbonyl (C=O) groups excluding carboxylic acids is 1. The lowest BCUT2D eigenvalue weighted by Crippen LogP contribution is -2.12. The van der Waals surface area contributed by atoms with E-state index in [-0.39, 0.29) is 11.3 Å². The van der Waals surface area contributed by atoms with Crippen LogP contribution in [0.4, 0.5) is 0 Å². The highest BCUT2D eigenvalue weighted by Crippen LogP contribution is 2.32. The molecule has 2 rings (SSSR count). The fraction of sp³-hybridized carbons (Fsp3) is 0.125. The minimum atomic E-state index is -0.770. The van der Waals surface area contributed by atoms with Crippen LogP contribution in [0.5, 0.6) is 11.5 Å². The van der Waals surface area contributed by atoms with Gasteiger partial charge in [0.15, 0.2) is 0 Å². The average molecular weight is 282 g/mol. The number of rotatable bonds is 4. The van der Waals surface area contributed by atoms with Gasteiger partial charge in [-0.15, -0.1) is 0 Å². The van der Waals surface area contributed by atoms with Gasteiger partial charge < -0.3 is 15.6 Å². The third kappa shape index (κ3) is 3.19. The summed E-state index contributed by atoms with van der Waals surface area (Å²) in [6.45, 7) is 1.59. The minimum Gasteiger partial charge on any atom is -0.456 e. The second kappa shape index (κ2) is 6.07. The number of hydrogen-bond donors (Lipinski definition) is 2. The third-order valence-corrected chi connectivity index (χ3v) is 2.97. The number of ether oxygens (including phenoxy) is 1. The summed E-state index contributed by atoms with van der Waals surface area (Å²) in [5, 5.41) is 18.7. The maximum Gasteiger partial charge on any atom is 0.252 e. The first-order valence-electron chi connectivity index (χ1n) is 6.31. The first-order chi connectivity index (χ1) is 10.0. The van der Waals surface area contributed by atoms with Gasteiger partial charge >= 0.3 is 0 Å². The van der Waals surface area contributed by atoms with Crippen molar-refractivity contribution < 1.29 is 14.6 Å². The van der Waals surface area contributed by atoms with Crippen LogP contribution in [-0.2, 0) is 0 Å². The predicted octanol–water partition coefficient (Wildman–Crippen LogP) is 2.50. The molecule has 5 heteroatoms. The van der Waals surface area contributed by atoms with Gasteiger partial charge in [0.25, 0.3) is 5.91 Å². The van der Waals surface area contributed by atoms with Crippen LogP contribution >= 0.6 is 0 Å². The standard InChI is InChI=1S/C16H14N2O3/c1-10(19)12-7-6-11(9-17)8-15(12)21-14-5-3-2-4-13(14)16(18)20/h2-8,10,19H,1H3,(H2,18,20). The van der Waals surface area contributed by atoms with E-state index in [0.29, 0.717) is 16.9 Å². The van der Waals surface area contributed by atoms with Crippen molar-refractivity contribution in [2.75, 3.05) is 0 Å². The molecule has 5 nitrogen and oxygen atoms in total. The molecule has 0 saturated carbocycles. The number of nitriles is 1. The number of aliphatic hydroxyl groups excluding tert-OH is 1. The Kier molecular flexibility index (Phi) is 4.21. The second-order valence-electron chi connectivity index (χ2n) is 4.50. The first kappa shape index (κ1) is 14.6. The Morgan fingerprint density at radius 2 is 2.00 bits per heavy atom. The van der Waals surface area contributed by atoms with Gasteiger partial charge in [0.1, 0.15) is 11.5 Å². The van der Waals surface area contributed by atoms with Crippen LogP contribution in [0.2, 0.25) is 0 Å². The molecule has 1 amide bonds. The molecule has 0 spiro atoms. The minimum absolute atomic E-state index is 0.233. The average Bonchev–Trinajstić information content (AvgIpc) is 2.47. The summed E-state index contributed by atoms with van der Waals surface area (Å²) in [5.74, 6) is -0.0135. The molecule has 106 valence electrons. The van der Waals surface area contributed by atoms with E-state index in [9.17, 15) is 9.90 Å². The van der Waals surface area contributed by atoms with E-state index >= 15 is 0 Å². The lowest BCUT2D eigenvalue weighted by molar-refractivity contribution is 0.0998. The molecule has 0 aliphatic rings. The maximum absolute atomic E-state index is 11.4. The number of aliphatic hydroxyl groups is 1. The van der Waals surface area contributed by atoms with E-state index < -0.39 is 12.0 Å². The summed E-state index contributed by atoms with van der Waals surface area (Å²) in [7, 11) is 0. The molecule has 21 heavy (non-hydrogen) atoms. The zero-order valence-electron chi connectivity index (χ0n) is 11.4. The Hall–Kier alpha value is -2.84.